The lowest BCUT2D eigenvalue weighted by Gasteiger charge is -2.19. The summed E-state index contributed by atoms with van der Waals surface area (Å²) in [5, 5.41) is 11.1. The van der Waals surface area contributed by atoms with Crippen LogP contribution in [0.1, 0.15) is 26.3 Å². The molecule has 0 saturated carbocycles. The zero-order chi connectivity index (χ0) is 12.9. The summed E-state index contributed by atoms with van der Waals surface area (Å²) >= 11 is 0. The fourth-order valence-corrected chi connectivity index (χ4v) is 1.22. The molecule has 0 aromatic heterocycles. The zero-order valence-corrected chi connectivity index (χ0v) is 10.3. The van der Waals surface area contributed by atoms with Crippen molar-refractivity contribution in [1.82, 2.24) is 5.48 Å². The minimum absolute atomic E-state index is 0.368. The van der Waals surface area contributed by atoms with Gasteiger partial charge >= 0.3 is 6.09 Å². The molecule has 1 rings (SSSR count). The number of anilines is 1. The van der Waals surface area contributed by atoms with Crippen LogP contribution in [-0.4, -0.2) is 16.9 Å². The molecule has 3 N–H and O–H groups in total. The van der Waals surface area contributed by atoms with Gasteiger partial charge < -0.3 is 9.94 Å². The van der Waals surface area contributed by atoms with Crippen molar-refractivity contribution in [3.63, 3.8) is 0 Å². The Morgan fingerprint density at radius 1 is 1.29 bits per heavy atom. The van der Waals surface area contributed by atoms with Crippen molar-refractivity contribution in [2.24, 2.45) is 0 Å². The summed E-state index contributed by atoms with van der Waals surface area (Å²) in [4.78, 5) is 11.5. The minimum atomic E-state index is -0.509. The van der Waals surface area contributed by atoms with Crippen LogP contribution in [0.2, 0.25) is 0 Å². The van der Waals surface area contributed by atoms with Crippen LogP contribution >= 0.6 is 0 Å². The second-order valence-electron chi connectivity index (χ2n) is 4.66. The van der Waals surface area contributed by atoms with Gasteiger partial charge in [-0.15, -0.1) is 0 Å². The van der Waals surface area contributed by atoms with E-state index in [2.05, 4.69) is 10.8 Å². The monoisotopic (exact) mass is 238 g/mol. The second kappa shape index (κ2) is 5.65. The van der Waals surface area contributed by atoms with Gasteiger partial charge in [-0.1, -0.05) is 12.1 Å². The van der Waals surface area contributed by atoms with Crippen molar-refractivity contribution >= 4 is 11.8 Å². The Bertz CT molecular complexity index is 368. The molecule has 5 nitrogen and oxygen atoms in total. The highest BCUT2D eigenvalue weighted by Gasteiger charge is 2.15. The first-order valence-corrected chi connectivity index (χ1v) is 5.36. The molecule has 1 aromatic carbocycles. The lowest BCUT2D eigenvalue weighted by molar-refractivity contribution is 0.0636. The van der Waals surface area contributed by atoms with Gasteiger partial charge in [-0.3, -0.25) is 5.32 Å². The average molecular weight is 238 g/mol. The largest absolute Gasteiger partial charge is 0.444 e. The maximum absolute atomic E-state index is 11.5. The Kier molecular flexibility index (Phi) is 4.48. The van der Waals surface area contributed by atoms with E-state index in [1.54, 1.807) is 24.3 Å². The molecule has 94 valence electrons. The molecule has 1 amide bonds. The topological polar surface area (TPSA) is 70.6 Å². The average Bonchev–Trinajstić information content (AvgIpc) is 2.18. The Morgan fingerprint density at radius 2 is 1.88 bits per heavy atom. The van der Waals surface area contributed by atoms with Crippen LogP contribution in [0, 0.1) is 0 Å². The fourth-order valence-electron chi connectivity index (χ4n) is 1.22. The number of ether oxygens (including phenoxy) is 1. The van der Waals surface area contributed by atoms with E-state index in [9.17, 15) is 4.79 Å². The van der Waals surface area contributed by atoms with Gasteiger partial charge in [0, 0.05) is 12.2 Å². The van der Waals surface area contributed by atoms with Crippen LogP contribution in [0.3, 0.4) is 0 Å². The number of benzene rings is 1. The number of carbonyl (C=O) groups is 1. The molecular weight excluding hydrogens is 220 g/mol. The Labute approximate surface area is 101 Å². The van der Waals surface area contributed by atoms with E-state index in [1.807, 2.05) is 20.8 Å². The SMILES string of the molecule is CC(C)(C)OC(=O)Nc1ccc(CNO)cc1. The van der Waals surface area contributed by atoms with Crippen LogP contribution in [0.5, 0.6) is 0 Å². The molecule has 5 heteroatoms. The molecule has 0 heterocycles. The fraction of sp³-hybridized carbons (Fsp3) is 0.417. The van der Waals surface area contributed by atoms with Crippen molar-refractivity contribution in [2.75, 3.05) is 5.32 Å². The van der Waals surface area contributed by atoms with Gasteiger partial charge in [-0.2, -0.15) is 0 Å². The smallest absolute Gasteiger partial charge is 0.412 e. The molecule has 0 saturated heterocycles. The minimum Gasteiger partial charge on any atom is -0.444 e. The number of hydrogen-bond donors (Lipinski definition) is 3. The summed E-state index contributed by atoms with van der Waals surface area (Å²) in [6, 6.07) is 7.10. The summed E-state index contributed by atoms with van der Waals surface area (Å²) in [5.41, 5.74) is 3.13. The van der Waals surface area contributed by atoms with Gasteiger partial charge in [0.1, 0.15) is 5.60 Å². The van der Waals surface area contributed by atoms with Gasteiger partial charge in [0.15, 0.2) is 0 Å². The molecule has 0 radical (unpaired) electrons. The van der Waals surface area contributed by atoms with Crippen molar-refractivity contribution in [3.8, 4) is 0 Å². The molecule has 1 aromatic rings. The third-order valence-corrected chi connectivity index (χ3v) is 1.88. The Hall–Kier alpha value is -1.59. The quantitative estimate of drug-likeness (QED) is 0.708. The van der Waals surface area contributed by atoms with E-state index in [0.29, 0.717) is 12.2 Å². The van der Waals surface area contributed by atoms with Crippen molar-refractivity contribution in [3.05, 3.63) is 29.8 Å². The van der Waals surface area contributed by atoms with E-state index in [4.69, 9.17) is 9.94 Å². The van der Waals surface area contributed by atoms with Gasteiger partial charge in [-0.25, -0.2) is 10.3 Å². The van der Waals surface area contributed by atoms with E-state index in [1.165, 1.54) is 0 Å². The standard InChI is InChI=1S/C12H18N2O3/c1-12(2,3)17-11(15)14-10-6-4-9(5-7-10)8-13-16/h4-7,13,16H,8H2,1-3H3,(H,14,15). The molecular formula is C12H18N2O3. The lowest BCUT2D eigenvalue weighted by atomic mass is 10.2. The highest BCUT2D eigenvalue weighted by atomic mass is 16.6. The second-order valence-corrected chi connectivity index (χ2v) is 4.66. The number of rotatable bonds is 3. The predicted molar refractivity (Wildman–Crippen MR) is 64.9 cm³/mol. The maximum Gasteiger partial charge on any atom is 0.412 e. The molecule has 0 spiro atoms. The predicted octanol–water partition coefficient (Wildman–Crippen LogP) is 2.51. The number of nitrogens with one attached hydrogen (secondary N) is 2. The van der Waals surface area contributed by atoms with Crippen molar-refractivity contribution in [1.29, 1.82) is 0 Å². The van der Waals surface area contributed by atoms with Crippen LogP contribution in [0.15, 0.2) is 24.3 Å². The molecule has 0 bridgehead atoms. The number of hydrogen-bond acceptors (Lipinski definition) is 4. The van der Waals surface area contributed by atoms with E-state index >= 15 is 0 Å². The van der Waals surface area contributed by atoms with Crippen LogP contribution in [0.4, 0.5) is 10.5 Å². The van der Waals surface area contributed by atoms with Gasteiger partial charge in [0.2, 0.25) is 0 Å². The lowest BCUT2D eigenvalue weighted by Crippen LogP contribution is -2.27. The third kappa shape index (κ3) is 5.33. The highest BCUT2D eigenvalue weighted by molar-refractivity contribution is 5.84. The number of hydroxylamine groups is 1. The number of amides is 1. The van der Waals surface area contributed by atoms with Gasteiger partial charge in [-0.05, 0) is 38.5 Å². The van der Waals surface area contributed by atoms with Gasteiger partial charge in [0.05, 0.1) is 0 Å². The molecule has 0 aliphatic rings. The first kappa shape index (κ1) is 13.5. The van der Waals surface area contributed by atoms with Crippen LogP contribution in [-0.2, 0) is 11.3 Å². The first-order chi connectivity index (χ1) is 7.90. The van der Waals surface area contributed by atoms with Crippen LogP contribution < -0.4 is 10.8 Å². The molecule has 17 heavy (non-hydrogen) atoms. The Balaban J connectivity index is 2.54. The van der Waals surface area contributed by atoms with E-state index in [0.717, 1.165) is 5.56 Å². The summed E-state index contributed by atoms with van der Waals surface area (Å²) in [6.07, 6.45) is -0.481. The van der Waals surface area contributed by atoms with E-state index in [-0.39, 0.29) is 0 Å². The zero-order valence-electron chi connectivity index (χ0n) is 10.3. The molecule has 0 unspecified atom stereocenters. The van der Waals surface area contributed by atoms with E-state index < -0.39 is 11.7 Å². The summed E-state index contributed by atoms with van der Waals surface area (Å²) in [7, 11) is 0. The summed E-state index contributed by atoms with van der Waals surface area (Å²) in [5.74, 6) is 0. The molecule has 0 aliphatic carbocycles. The molecule has 0 atom stereocenters. The Morgan fingerprint density at radius 3 is 2.35 bits per heavy atom. The third-order valence-electron chi connectivity index (χ3n) is 1.88. The molecule has 0 fully saturated rings. The van der Waals surface area contributed by atoms with Crippen LogP contribution in [0.25, 0.3) is 0 Å². The highest BCUT2D eigenvalue weighted by Crippen LogP contribution is 2.12. The number of carbonyl (C=O) groups excluding carboxylic acids is 1. The van der Waals surface area contributed by atoms with Gasteiger partial charge in [0.25, 0.3) is 0 Å². The van der Waals surface area contributed by atoms with Crippen molar-refractivity contribution < 1.29 is 14.7 Å². The first-order valence-electron chi connectivity index (χ1n) is 5.36. The maximum atomic E-state index is 11.5. The van der Waals surface area contributed by atoms with Crippen molar-refractivity contribution in [2.45, 2.75) is 32.9 Å². The summed E-state index contributed by atoms with van der Waals surface area (Å²) < 4.78 is 5.12. The summed E-state index contributed by atoms with van der Waals surface area (Å²) in [6.45, 7) is 5.79. The normalized spacial score (nSPS) is 11.1. The molecule has 0 aliphatic heterocycles.